The van der Waals surface area contributed by atoms with E-state index in [9.17, 15) is 0 Å². The van der Waals surface area contributed by atoms with Crippen LogP contribution in [0.25, 0.3) is 0 Å². The van der Waals surface area contributed by atoms with Crippen LogP contribution in [-0.4, -0.2) is 5.24 Å². The molecule has 0 bridgehead atoms. The highest BCUT2D eigenvalue weighted by Crippen LogP contribution is 1.60. The Bertz CT molecular complexity index is 34.6. The second-order valence-electron chi connectivity index (χ2n) is 0.338. The first-order valence-electron chi connectivity index (χ1n) is 0.716. The van der Waals surface area contributed by atoms with Crippen LogP contribution < -0.4 is 5.73 Å². The van der Waals surface area contributed by atoms with Crippen LogP contribution in [0.1, 0.15) is 0 Å². The third kappa shape index (κ3) is 184. The van der Waals surface area contributed by atoms with E-state index in [0.717, 1.165) is 0 Å². The lowest BCUT2D eigenvalue weighted by molar-refractivity contribution is 0.267. The van der Waals surface area contributed by atoms with Crippen LogP contribution in [0.15, 0.2) is 0 Å². The van der Waals surface area contributed by atoms with Gasteiger partial charge in [-0.1, -0.05) is 12.6 Å². The van der Waals surface area contributed by atoms with Gasteiger partial charge in [0.2, 0.25) is 0 Å². The molecule has 2 nitrogen and oxygen atoms in total. The highest BCUT2D eigenvalue weighted by Gasteiger charge is 1.63. The average Bonchev–Trinajstić information content (AvgIpc) is 0.811. The third-order valence-electron chi connectivity index (χ3n) is 0. The predicted molar refractivity (Wildman–Crippen MR) is 21.1 cm³/mol. The van der Waals surface area contributed by atoms with Gasteiger partial charge in [-0.05, 0) is 0 Å². The van der Waals surface area contributed by atoms with E-state index in [1.807, 2.05) is 0 Å². The molecule has 0 spiro atoms. The molecule has 32 valence electrons. The molecular formula is CH4FNOS. The first-order chi connectivity index (χ1) is 1.73. The summed E-state index contributed by atoms with van der Waals surface area (Å²) in [6, 6.07) is 0. The zero-order valence-corrected chi connectivity index (χ0v) is 3.24. The van der Waals surface area contributed by atoms with E-state index in [1.54, 1.807) is 0 Å². The Labute approximate surface area is 34.1 Å². The molecule has 0 saturated carbocycles. The Balaban J connectivity index is 0. The molecule has 5 heavy (non-hydrogen) atoms. The summed E-state index contributed by atoms with van der Waals surface area (Å²) in [7, 11) is 0. The van der Waals surface area contributed by atoms with Gasteiger partial charge in [-0.25, -0.2) is 0 Å². The van der Waals surface area contributed by atoms with Gasteiger partial charge in [0.15, 0.2) is 0 Å². The van der Waals surface area contributed by atoms with Gasteiger partial charge in [0, 0.05) is 0 Å². The van der Waals surface area contributed by atoms with E-state index in [4.69, 9.17) is 4.79 Å². The Kier molecular flexibility index (Phi) is 6.62. The number of halogens is 1. The standard InChI is InChI=1S/CH3NOS.FH/c2-1(3)4;/h(H3,2,3,4);1H. The number of primary amides is 1. The summed E-state index contributed by atoms with van der Waals surface area (Å²) in [4.78, 5) is 9.09. The maximum absolute atomic E-state index is 9.09. The minimum atomic E-state index is -0.639. The molecule has 0 heterocycles. The van der Waals surface area contributed by atoms with Crippen LogP contribution >= 0.6 is 12.6 Å². The molecule has 0 atom stereocenters. The molecule has 0 radical (unpaired) electrons. The van der Waals surface area contributed by atoms with Crippen molar-refractivity contribution < 1.29 is 9.50 Å². The Morgan fingerprint density at radius 3 is 1.80 bits per heavy atom. The number of thiol groups is 1. The number of rotatable bonds is 0. The lowest BCUT2D eigenvalue weighted by Crippen LogP contribution is -1.95. The molecule has 2 N–H and O–H groups in total. The van der Waals surface area contributed by atoms with Gasteiger partial charge in [0.25, 0.3) is 5.24 Å². The first kappa shape index (κ1) is 8.83. The van der Waals surface area contributed by atoms with Gasteiger partial charge in [-0.3, -0.25) is 9.50 Å². The SMILES string of the molecule is F.NC(=O)S. The second-order valence-corrected chi connectivity index (χ2v) is 0.779. The normalized spacial score (nSPS) is 5.00. The number of hydrogen-bond acceptors (Lipinski definition) is 1. The van der Waals surface area contributed by atoms with Crippen molar-refractivity contribution in [1.82, 2.24) is 0 Å². The Morgan fingerprint density at radius 2 is 1.80 bits per heavy atom. The van der Waals surface area contributed by atoms with E-state index in [0.29, 0.717) is 0 Å². The highest BCUT2D eigenvalue weighted by atomic mass is 32.1. The van der Waals surface area contributed by atoms with Crippen molar-refractivity contribution in [3.8, 4) is 0 Å². The monoisotopic (exact) mass is 97.0 g/mol. The molecule has 0 aliphatic rings. The molecule has 0 saturated heterocycles. The van der Waals surface area contributed by atoms with Crippen LogP contribution in [0.3, 0.4) is 0 Å². The summed E-state index contributed by atoms with van der Waals surface area (Å²) in [5.74, 6) is 0. The minimum Gasteiger partial charge on any atom is -0.361 e. The van der Waals surface area contributed by atoms with Gasteiger partial charge >= 0.3 is 0 Å². The topological polar surface area (TPSA) is 43.1 Å². The fourth-order valence-corrected chi connectivity index (χ4v) is 0. The van der Waals surface area contributed by atoms with Gasteiger partial charge in [0.05, 0.1) is 0 Å². The van der Waals surface area contributed by atoms with Crippen LogP contribution in [0.2, 0.25) is 0 Å². The van der Waals surface area contributed by atoms with Gasteiger partial charge < -0.3 is 5.73 Å². The first-order valence-corrected chi connectivity index (χ1v) is 1.16. The Hall–Kier alpha value is -0.250. The van der Waals surface area contributed by atoms with E-state index in [2.05, 4.69) is 18.4 Å². The molecular weight excluding hydrogens is 93.1 g/mol. The van der Waals surface area contributed by atoms with Crippen molar-refractivity contribution in [3.05, 3.63) is 0 Å². The summed E-state index contributed by atoms with van der Waals surface area (Å²) in [5.41, 5.74) is 4.34. The maximum atomic E-state index is 9.09. The summed E-state index contributed by atoms with van der Waals surface area (Å²) in [6.45, 7) is 0. The molecule has 4 heteroatoms. The second kappa shape index (κ2) is 3.75. The van der Waals surface area contributed by atoms with Crippen molar-refractivity contribution >= 4 is 17.9 Å². The predicted octanol–water partition coefficient (Wildman–Crippen LogP) is 0.147. The molecule has 0 aliphatic carbocycles. The molecule has 0 aromatic rings. The molecule has 0 fully saturated rings. The smallest absolute Gasteiger partial charge is 0.273 e. The molecule has 0 rings (SSSR count). The quantitative estimate of drug-likeness (QED) is 0.415. The number of carbonyl (C=O) groups excluding carboxylic acids is 1. The zero-order chi connectivity index (χ0) is 3.58. The molecule has 0 aromatic carbocycles. The van der Waals surface area contributed by atoms with Crippen molar-refractivity contribution in [3.63, 3.8) is 0 Å². The summed E-state index contributed by atoms with van der Waals surface area (Å²) in [6.07, 6.45) is 0. The van der Waals surface area contributed by atoms with Gasteiger partial charge in [-0.2, -0.15) is 0 Å². The van der Waals surface area contributed by atoms with Crippen molar-refractivity contribution in [2.24, 2.45) is 5.73 Å². The summed E-state index contributed by atoms with van der Waals surface area (Å²) < 4.78 is 0. The van der Waals surface area contributed by atoms with E-state index < -0.39 is 5.24 Å². The van der Waals surface area contributed by atoms with Gasteiger partial charge in [-0.15, -0.1) is 0 Å². The third-order valence-corrected chi connectivity index (χ3v) is 0. The molecule has 1 amide bonds. The average molecular weight is 97.1 g/mol. The van der Waals surface area contributed by atoms with Crippen LogP contribution in [0, 0.1) is 0 Å². The van der Waals surface area contributed by atoms with Crippen LogP contribution in [0.5, 0.6) is 0 Å². The molecule has 0 aromatic heterocycles. The summed E-state index contributed by atoms with van der Waals surface area (Å²) in [5, 5.41) is -0.639. The minimum absolute atomic E-state index is 0. The summed E-state index contributed by atoms with van der Waals surface area (Å²) >= 11 is 3.10. The van der Waals surface area contributed by atoms with Crippen molar-refractivity contribution in [2.75, 3.05) is 0 Å². The maximum Gasteiger partial charge on any atom is 0.273 e. The van der Waals surface area contributed by atoms with E-state index in [-0.39, 0.29) is 4.70 Å². The largest absolute Gasteiger partial charge is 0.361 e. The molecule has 0 unspecified atom stereocenters. The highest BCUT2D eigenvalue weighted by molar-refractivity contribution is 7.96. The number of amides is 1. The van der Waals surface area contributed by atoms with Crippen LogP contribution in [0.4, 0.5) is 9.50 Å². The zero-order valence-electron chi connectivity index (χ0n) is 2.34. The van der Waals surface area contributed by atoms with Crippen molar-refractivity contribution in [2.45, 2.75) is 0 Å². The number of hydrogen-bond donors (Lipinski definition) is 2. The van der Waals surface area contributed by atoms with Gasteiger partial charge in [0.1, 0.15) is 0 Å². The fraction of sp³-hybridized carbons (Fsp3) is 0. The van der Waals surface area contributed by atoms with Crippen LogP contribution in [-0.2, 0) is 0 Å². The number of carbonyl (C=O) groups is 1. The van der Waals surface area contributed by atoms with E-state index in [1.165, 1.54) is 0 Å². The fourth-order valence-electron chi connectivity index (χ4n) is 0. The lowest BCUT2D eigenvalue weighted by atomic mass is 11.5. The number of nitrogens with two attached hydrogens (primary N) is 1. The lowest BCUT2D eigenvalue weighted by Gasteiger charge is -1.58. The van der Waals surface area contributed by atoms with E-state index >= 15 is 0 Å². The van der Waals surface area contributed by atoms with Crippen molar-refractivity contribution in [1.29, 1.82) is 0 Å². The Morgan fingerprint density at radius 1 is 1.80 bits per heavy atom. The molecule has 0 aliphatic heterocycles.